The molecule has 0 aliphatic rings. The first-order chi connectivity index (χ1) is 9.95. The van der Waals surface area contributed by atoms with Gasteiger partial charge in [-0.2, -0.15) is 0 Å². The van der Waals surface area contributed by atoms with E-state index in [-0.39, 0.29) is 15.9 Å². The van der Waals surface area contributed by atoms with E-state index in [0.29, 0.717) is 23.2 Å². The van der Waals surface area contributed by atoms with Crippen molar-refractivity contribution in [3.63, 3.8) is 0 Å². The van der Waals surface area contributed by atoms with E-state index < -0.39 is 11.9 Å². The number of hydrogen-bond donors (Lipinski definition) is 1. The number of nitrogens with one attached hydrogen (secondary N) is 1. The van der Waals surface area contributed by atoms with Crippen molar-refractivity contribution in [3.05, 3.63) is 68.7 Å². The molecule has 0 saturated heterocycles. The molecule has 0 aromatic heterocycles. The third-order valence-corrected chi connectivity index (χ3v) is 4.02. The summed E-state index contributed by atoms with van der Waals surface area (Å²) in [5.41, 5.74) is 1.72. The van der Waals surface area contributed by atoms with E-state index in [1.165, 1.54) is 12.1 Å². The van der Waals surface area contributed by atoms with Crippen LogP contribution in [-0.4, -0.2) is 6.54 Å². The van der Waals surface area contributed by atoms with Gasteiger partial charge < -0.3 is 5.32 Å². The minimum Gasteiger partial charge on any atom is -0.306 e. The van der Waals surface area contributed by atoms with E-state index in [4.69, 9.17) is 23.2 Å². The summed E-state index contributed by atoms with van der Waals surface area (Å²) in [5, 5.41) is 3.54. The molecule has 0 fully saturated rings. The van der Waals surface area contributed by atoms with Gasteiger partial charge in [-0.25, -0.2) is 8.78 Å². The maximum absolute atomic E-state index is 13.7. The van der Waals surface area contributed by atoms with Crippen LogP contribution in [0.15, 0.2) is 30.3 Å². The monoisotopic (exact) mass is 329 g/mol. The summed E-state index contributed by atoms with van der Waals surface area (Å²) in [4.78, 5) is 0. The Hall–Kier alpha value is -1.16. The van der Waals surface area contributed by atoms with Gasteiger partial charge in [0.2, 0.25) is 0 Å². The Morgan fingerprint density at radius 2 is 1.81 bits per heavy atom. The van der Waals surface area contributed by atoms with Crippen LogP contribution in [0.2, 0.25) is 10.0 Å². The first-order valence-corrected chi connectivity index (χ1v) is 7.34. The van der Waals surface area contributed by atoms with E-state index in [1.807, 2.05) is 6.92 Å². The fraction of sp³-hybridized carbons (Fsp3) is 0.250. The van der Waals surface area contributed by atoms with Crippen LogP contribution in [0.5, 0.6) is 0 Å². The van der Waals surface area contributed by atoms with Crippen LogP contribution in [0.1, 0.15) is 29.7 Å². The Morgan fingerprint density at radius 3 is 2.48 bits per heavy atom. The maximum atomic E-state index is 13.7. The highest BCUT2D eigenvalue weighted by Crippen LogP contribution is 2.34. The minimum atomic E-state index is -0.493. The lowest BCUT2D eigenvalue weighted by atomic mass is 9.96. The summed E-state index contributed by atoms with van der Waals surface area (Å²) in [5.74, 6) is -0.864. The van der Waals surface area contributed by atoms with Crippen LogP contribution in [-0.2, 0) is 0 Å². The lowest BCUT2D eigenvalue weighted by Crippen LogP contribution is -2.23. The van der Waals surface area contributed by atoms with Gasteiger partial charge in [0.05, 0.1) is 11.1 Å². The molecule has 1 atom stereocenters. The van der Waals surface area contributed by atoms with Crippen LogP contribution in [0.4, 0.5) is 8.78 Å². The fourth-order valence-corrected chi connectivity index (χ4v) is 2.73. The highest BCUT2D eigenvalue weighted by atomic mass is 35.5. The minimum absolute atomic E-state index is 0.0431. The molecule has 0 spiro atoms. The Bertz CT molecular complexity index is 659. The molecule has 1 unspecified atom stereocenters. The number of aryl methyl sites for hydroxylation is 1. The second-order valence-corrected chi connectivity index (χ2v) is 5.54. The molecule has 1 nitrogen and oxygen atoms in total. The summed E-state index contributed by atoms with van der Waals surface area (Å²) in [6, 6.07) is 7.14. The summed E-state index contributed by atoms with van der Waals surface area (Å²) < 4.78 is 27.3. The van der Waals surface area contributed by atoms with E-state index in [9.17, 15) is 8.78 Å². The first kappa shape index (κ1) is 16.2. The van der Waals surface area contributed by atoms with Crippen molar-refractivity contribution in [2.24, 2.45) is 0 Å². The van der Waals surface area contributed by atoms with Gasteiger partial charge in [-0.1, -0.05) is 42.3 Å². The number of hydrogen-bond acceptors (Lipinski definition) is 1. The van der Waals surface area contributed by atoms with Gasteiger partial charge >= 0.3 is 0 Å². The Morgan fingerprint density at radius 1 is 1.10 bits per heavy atom. The third kappa shape index (κ3) is 3.37. The standard InChI is InChI=1S/C16H15Cl2F2N/c1-3-21-16(10-5-4-6-13(19)15(10)18)11-7-9(2)14(20)8-12(11)17/h4-8,16,21H,3H2,1-2H3. The number of benzene rings is 2. The van der Waals surface area contributed by atoms with Crippen LogP contribution in [0, 0.1) is 18.6 Å². The predicted molar refractivity (Wildman–Crippen MR) is 83.1 cm³/mol. The van der Waals surface area contributed by atoms with Crippen molar-refractivity contribution in [2.45, 2.75) is 19.9 Å². The van der Waals surface area contributed by atoms with Gasteiger partial charge in [-0.3, -0.25) is 0 Å². The molecule has 0 radical (unpaired) electrons. The first-order valence-electron chi connectivity index (χ1n) is 6.58. The number of halogens is 4. The molecule has 0 bridgehead atoms. The largest absolute Gasteiger partial charge is 0.306 e. The summed E-state index contributed by atoms with van der Waals surface area (Å²) in [6.45, 7) is 4.21. The highest BCUT2D eigenvalue weighted by molar-refractivity contribution is 6.32. The Labute approximate surface area is 132 Å². The van der Waals surface area contributed by atoms with E-state index in [2.05, 4.69) is 5.32 Å². The zero-order valence-electron chi connectivity index (χ0n) is 11.7. The van der Waals surface area contributed by atoms with Crippen molar-refractivity contribution in [2.75, 3.05) is 6.54 Å². The molecular formula is C16H15Cl2F2N. The van der Waals surface area contributed by atoms with Crippen LogP contribution in [0.25, 0.3) is 0 Å². The second-order valence-electron chi connectivity index (χ2n) is 4.76. The van der Waals surface area contributed by atoms with Crippen molar-refractivity contribution in [1.29, 1.82) is 0 Å². The average Bonchev–Trinajstić information content (AvgIpc) is 2.44. The molecule has 0 saturated carbocycles. The molecule has 1 N–H and O–H groups in total. The molecule has 2 aromatic rings. The SMILES string of the molecule is CCNC(c1cc(C)c(F)cc1Cl)c1cccc(F)c1Cl. The molecule has 0 heterocycles. The lowest BCUT2D eigenvalue weighted by molar-refractivity contribution is 0.596. The topological polar surface area (TPSA) is 12.0 Å². The van der Waals surface area contributed by atoms with Gasteiger partial charge in [0, 0.05) is 5.02 Å². The van der Waals surface area contributed by atoms with E-state index >= 15 is 0 Å². The number of rotatable bonds is 4. The van der Waals surface area contributed by atoms with E-state index in [0.717, 1.165) is 0 Å². The summed E-state index contributed by atoms with van der Waals surface area (Å²) >= 11 is 12.2. The fourth-order valence-electron chi connectivity index (χ4n) is 2.24. The van der Waals surface area contributed by atoms with Crippen LogP contribution in [0.3, 0.4) is 0 Å². The molecule has 0 aliphatic heterocycles. The normalized spacial score (nSPS) is 12.5. The molecular weight excluding hydrogens is 315 g/mol. The van der Waals surface area contributed by atoms with Crippen LogP contribution < -0.4 is 5.32 Å². The van der Waals surface area contributed by atoms with Gasteiger partial charge in [0.15, 0.2) is 0 Å². The van der Waals surface area contributed by atoms with Crippen molar-refractivity contribution in [3.8, 4) is 0 Å². The zero-order valence-corrected chi connectivity index (χ0v) is 13.2. The van der Waals surface area contributed by atoms with Gasteiger partial charge in [0.25, 0.3) is 0 Å². The summed E-state index contributed by atoms with van der Waals surface area (Å²) in [6.07, 6.45) is 0. The maximum Gasteiger partial charge on any atom is 0.142 e. The lowest BCUT2D eigenvalue weighted by Gasteiger charge is -2.22. The van der Waals surface area contributed by atoms with Gasteiger partial charge in [0.1, 0.15) is 11.6 Å². The molecule has 2 rings (SSSR count). The molecule has 5 heteroatoms. The molecule has 0 amide bonds. The highest BCUT2D eigenvalue weighted by Gasteiger charge is 2.21. The molecule has 0 aliphatic carbocycles. The van der Waals surface area contributed by atoms with Crippen molar-refractivity contribution < 1.29 is 8.78 Å². The average molecular weight is 330 g/mol. The molecule has 2 aromatic carbocycles. The quantitative estimate of drug-likeness (QED) is 0.804. The third-order valence-electron chi connectivity index (χ3n) is 3.29. The molecule has 21 heavy (non-hydrogen) atoms. The second kappa shape index (κ2) is 6.73. The molecule has 112 valence electrons. The zero-order chi connectivity index (χ0) is 15.6. The summed E-state index contributed by atoms with van der Waals surface area (Å²) in [7, 11) is 0. The van der Waals surface area contributed by atoms with Gasteiger partial charge in [-0.15, -0.1) is 0 Å². The van der Waals surface area contributed by atoms with Crippen molar-refractivity contribution in [1.82, 2.24) is 5.32 Å². The Balaban J connectivity index is 2.59. The van der Waals surface area contributed by atoms with Gasteiger partial charge in [-0.05, 0) is 48.4 Å². The van der Waals surface area contributed by atoms with Crippen molar-refractivity contribution >= 4 is 23.2 Å². The van der Waals surface area contributed by atoms with E-state index in [1.54, 1.807) is 25.1 Å². The Kier molecular flexibility index (Phi) is 5.20. The van der Waals surface area contributed by atoms with Crippen LogP contribution >= 0.6 is 23.2 Å². The predicted octanol–water partition coefficient (Wildman–Crippen LogP) is 5.28. The smallest absolute Gasteiger partial charge is 0.142 e.